The molecule has 1 fully saturated rings. The van der Waals surface area contributed by atoms with Gasteiger partial charge in [-0.1, -0.05) is 99.2 Å². The first-order valence-corrected chi connectivity index (χ1v) is 14.2. The molecule has 0 radical (unpaired) electrons. The van der Waals surface area contributed by atoms with Gasteiger partial charge in [-0.15, -0.1) is 0 Å². The van der Waals surface area contributed by atoms with Gasteiger partial charge >= 0.3 is 0 Å². The first-order chi connectivity index (χ1) is 18.5. The van der Waals surface area contributed by atoms with Gasteiger partial charge in [0.1, 0.15) is 0 Å². The minimum Gasteiger partial charge on any atom is -0.264 e. The summed E-state index contributed by atoms with van der Waals surface area (Å²) >= 11 is 0. The molecule has 4 aromatic rings. The second-order valence-corrected chi connectivity index (χ2v) is 11.4. The lowest BCUT2D eigenvalue weighted by molar-refractivity contribution is 0.596. The van der Waals surface area contributed by atoms with Crippen LogP contribution in [0.2, 0.25) is 0 Å². The molecule has 0 aliphatic heterocycles. The normalized spacial score (nSPS) is 19.1. The van der Waals surface area contributed by atoms with Crippen molar-refractivity contribution in [2.75, 3.05) is 0 Å². The number of pyridine rings is 1. The molecule has 38 heavy (non-hydrogen) atoms. The van der Waals surface area contributed by atoms with Gasteiger partial charge in [-0.3, -0.25) is 4.98 Å². The maximum absolute atomic E-state index is 4.47. The Labute approximate surface area is 228 Å². The zero-order valence-corrected chi connectivity index (χ0v) is 22.9. The average Bonchev–Trinajstić information content (AvgIpc) is 3.81. The molecule has 0 bridgehead atoms. The Bertz CT molecular complexity index is 1520. The molecule has 1 nitrogen and oxygen atoms in total. The molecule has 1 heterocycles. The second-order valence-electron chi connectivity index (χ2n) is 11.4. The molecule has 1 unspecified atom stereocenters. The number of hydrogen-bond acceptors (Lipinski definition) is 1. The molecule has 0 saturated heterocycles. The summed E-state index contributed by atoms with van der Waals surface area (Å²) < 4.78 is 0. The Kier molecular flexibility index (Phi) is 6.62. The van der Waals surface area contributed by atoms with Gasteiger partial charge in [0, 0.05) is 23.4 Å². The highest BCUT2D eigenvalue weighted by molar-refractivity contribution is 5.83. The van der Waals surface area contributed by atoms with Crippen LogP contribution in [0.5, 0.6) is 0 Å². The van der Waals surface area contributed by atoms with Gasteiger partial charge < -0.3 is 0 Å². The van der Waals surface area contributed by atoms with Crippen molar-refractivity contribution in [1.29, 1.82) is 0 Å². The molecule has 1 aromatic heterocycles. The quantitative estimate of drug-likeness (QED) is 0.248. The van der Waals surface area contributed by atoms with Crippen LogP contribution in [0.15, 0.2) is 109 Å². The van der Waals surface area contributed by atoms with Gasteiger partial charge in [0.2, 0.25) is 0 Å². The first-order valence-electron chi connectivity index (χ1n) is 14.2. The maximum atomic E-state index is 4.47. The van der Waals surface area contributed by atoms with Crippen LogP contribution in [-0.4, -0.2) is 4.98 Å². The monoisotopic (exact) mass is 495 g/mol. The van der Waals surface area contributed by atoms with E-state index in [1.807, 2.05) is 12.4 Å². The van der Waals surface area contributed by atoms with Crippen molar-refractivity contribution in [1.82, 2.24) is 4.98 Å². The van der Waals surface area contributed by atoms with Crippen LogP contribution in [0.25, 0.3) is 27.8 Å². The lowest BCUT2D eigenvalue weighted by Crippen LogP contribution is -2.22. The van der Waals surface area contributed by atoms with Crippen LogP contribution >= 0.6 is 0 Å². The van der Waals surface area contributed by atoms with Crippen molar-refractivity contribution in [3.8, 4) is 22.3 Å². The van der Waals surface area contributed by atoms with Crippen molar-refractivity contribution in [2.45, 2.75) is 64.2 Å². The van der Waals surface area contributed by atoms with E-state index in [-0.39, 0.29) is 5.41 Å². The molecule has 1 saturated carbocycles. The average molecular weight is 496 g/mol. The molecule has 3 aromatic carbocycles. The van der Waals surface area contributed by atoms with E-state index in [1.165, 1.54) is 68.5 Å². The van der Waals surface area contributed by atoms with Crippen LogP contribution in [0.3, 0.4) is 0 Å². The third-order valence-corrected chi connectivity index (χ3v) is 8.44. The molecule has 6 rings (SSSR count). The van der Waals surface area contributed by atoms with Crippen molar-refractivity contribution < 1.29 is 0 Å². The Morgan fingerprint density at radius 3 is 2.26 bits per heavy atom. The molecule has 0 N–H and O–H groups in total. The van der Waals surface area contributed by atoms with E-state index in [4.69, 9.17) is 0 Å². The number of aryl methyl sites for hydroxylation is 1. The fourth-order valence-corrected chi connectivity index (χ4v) is 5.92. The molecule has 0 amide bonds. The Morgan fingerprint density at radius 2 is 1.55 bits per heavy atom. The molecular weight excluding hydrogens is 458 g/mol. The highest BCUT2D eigenvalue weighted by Gasteiger charge is 2.29. The van der Waals surface area contributed by atoms with E-state index >= 15 is 0 Å². The van der Waals surface area contributed by atoms with E-state index in [0.717, 1.165) is 25.2 Å². The largest absolute Gasteiger partial charge is 0.264 e. The van der Waals surface area contributed by atoms with Crippen molar-refractivity contribution in [3.63, 3.8) is 0 Å². The van der Waals surface area contributed by atoms with Crippen molar-refractivity contribution in [3.05, 3.63) is 131 Å². The van der Waals surface area contributed by atoms with Gasteiger partial charge in [0.15, 0.2) is 0 Å². The number of hydrogen-bond donors (Lipinski definition) is 0. The lowest BCUT2D eigenvalue weighted by atomic mass is 9.71. The summed E-state index contributed by atoms with van der Waals surface area (Å²) in [7, 11) is 0. The summed E-state index contributed by atoms with van der Waals surface area (Å²) in [5, 5.41) is 0. The molecule has 0 spiro atoms. The van der Waals surface area contributed by atoms with E-state index in [2.05, 4.69) is 117 Å². The number of benzene rings is 3. The maximum Gasteiger partial charge on any atom is 0.0348 e. The summed E-state index contributed by atoms with van der Waals surface area (Å²) in [6.45, 7) is 6.84. The van der Waals surface area contributed by atoms with Gasteiger partial charge in [-0.2, -0.15) is 0 Å². The molecule has 2 aliphatic carbocycles. The second kappa shape index (κ2) is 10.2. The van der Waals surface area contributed by atoms with Gasteiger partial charge in [-0.25, -0.2) is 0 Å². The molecule has 1 heteroatoms. The van der Waals surface area contributed by atoms with Crippen LogP contribution < -0.4 is 0 Å². The summed E-state index contributed by atoms with van der Waals surface area (Å²) in [6, 6.07) is 29.5. The van der Waals surface area contributed by atoms with Crippen molar-refractivity contribution >= 4 is 5.57 Å². The van der Waals surface area contributed by atoms with Crippen LogP contribution in [0, 0.1) is 6.92 Å². The highest BCUT2D eigenvalue weighted by atomic mass is 14.6. The number of rotatable bonds is 7. The zero-order chi connectivity index (χ0) is 26.1. The predicted molar refractivity (Wildman–Crippen MR) is 161 cm³/mol. The Balaban J connectivity index is 1.34. The van der Waals surface area contributed by atoms with E-state index in [0.29, 0.717) is 0 Å². The van der Waals surface area contributed by atoms with Crippen LogP contribution in [0.1, 0.15) is 74.1 Å². The minimum atomic E-state index is -0.0683. The van der Waals surface area contributed by atoms with E-state index in [9.17, 15) is 0 Å². The van der Waals surface area contributed by atoms with Gasteiger partial charge in [0.25, 0.3) is 0 Å². The summed E-state index contributed by atoms with van der Waals surface area (Å²) in [6.07, 6.45) is 14.9. The predicted octanol–water partition coefficient (Wildman–Crippen LogP) is 10.1. The third-order valence-electron chi connectivity index (χ3n) is 8.44. The Morgan fingerprint density at radius 1 is 0.842 bits per heavy atom. The minimum absolute atomic E-state index is 0.0683. The summed E-state index contributed by atoms with van der Waals surface area (Å²) in [5.41, 5.74) is 13.2. The van der Waals surface area contributed by atoms with E-state index < -0.39 is 0 Å². The van der Waals surface area contributed by atoms with Gasteiger partial charge in [-0.05, 0) is 101 Å². The summed E-state index contributed by atoms with van der Waals surface area (Å²) in [5.74, 6) is 0.795. The smallest absolute Gasteiger partial charge is 0.0348 e. The van der Waals surface area contributed by atoms with Crippen LogP contribution in [0.4, 0.5) is 0 Å². The lowest BCUT2D eigenvalue weighted by Gasteiger charge is -2.33. The number of nitrogens with zero attached hydrogens (tertiary/aromatic N) is 1. The Hall–Kier alpha value is -3.71. The summed E-state index contributed by atoms with van der Waals surface area (Å²) in [4.78, 5) is 4.47. The topological polar surface area (TPSA) is 12.9 Å². The molecule has 1 atom stereocenters. The standard InChI is InChI=1S/C37H37N/c1-4-7-30-18-20-37(3,24-35(30)36-25-38-21-19-26(36)2)34-11-6-10-33(23-34)32-9-5-8-31(22-32)29-16-14-28(15-17-29)27-12-13-27/h5-6,8-11,14-19,21-25,27H,4,7,12-13,20H2,1-3H3. The van der Waals surface area contributed by atoms with E-state index in [1.54, 1.807) is 0 Å². The van der Waals surface area contributed by atoms with Crippen molar-refractivity contribution in [2.24, 2.45) is 0 Å². The number of allylic oxidation sites excluding steroid dienone is 4. The zero-order valence-electron chi connectivity index (χ0n) is 22.9. The SMILES string of the molecule is CCCC1=CCC(C)(c2cccc(-c3cccc(-c4ccc(C5CC5)cc4)c3)c2)C=C1c1cnccc1C. The van der Waals surface area contributed by atoms with Crippen LogP contribution in [-0.2, 0) is 5.41 Å². The highest BCUT2D eigenvalue weighted by Crippen LogP contribution is 2.43. The molecule has 2 aliphatic rings. The molecular formula is C37H37N. The number of aromatic nitrogens is 1. The first kappa shape index (κ1) is 24.6. The third kappa shape index (κ3) is 4.90. The molecule has 190 valence electrons. The fraction of sp³-hybridized carbons (Fsp3) is 0.270. The van der Waals surface area contributed by atoms with Gasteiger partial charge in [0.05, 0.1) is 0 Å². The fourth-order valence-electron chi connectivity index (χ4n) is 5.92.